The summed E-state index contributed by atoms with van der Waals surface area (Å²) >= 11 is 0. The maximum Gasteiger partial charge on any atom is 0.0245 e. The fourth-order valence-corrected chi connectivity index (χ4v) is 1.98. The monoisotopic (exact) mass is 175 g/mol. The molecule has 1 aliphatic rings. The van der Waals surface area contributed by atoms with Gasteiger partial charge in [0.05, 0.1) is 0 Å². The van der Waals surface area contributed by atoms with Gasteiger partial charge < -0.3 is 0 Å². The van der Waals surface area contributed by atoms with E-state index in [0.717, 1.165) is 13.1 Å². The fraction of sp³-hybridized carbons (Fsp3) is 0.500. The molecule has 0 fully saturated rings. The van der Waals surface area contributed by atoms with Gasteiger partial charge in [0, 0.05) is 19.1 Å². The molecule has 1 nitrogen and oxygen atoms in total. The summed E-state index contributed by atoms with van der Waals surface area (Å²) < 4.78 is 0. The minimum Gasteiger partial charge on any atom is -0.292 e. The minimum atomic E-state index is 0.659. The molecular weight excluding hydrogens is 158 g/mol. The second-order valence-electron chi connectivity index (χ2n) is 4.21. The van der Waals surface area contributed by atoms with E-state index in [9.17, 15) is 0 Å². The van der Waals surface area contributed by atoms with Crippen LogP contribution in [0, 0.1) is 6.92 Å². The van der Waals surface area contributed by atoms with Gasteiger partial charge in [-0.3, -0.25) is 4.90 Å². The molecule has 0 unspecified atom stereocenters. The van der Waals surface area contributed by atoms with Gasteiger partial charge in [0.2, 0.25) is 0 Å². The highest BCUT2D eigenvalue weighted by Gasteiger charge is 2.21. The van der Waals surface area contributed by atoms with Gasteiger partial charge in [-0.05, 0) is 37.5 Å². The van der Waals surface area contributed by atoms with Crippen LogP contribution in [-0.2, 0) is 13.1 Å². The summed E-state index contributed by atoms with van der Waals surface area (Å²) in [5.74, 6) is 0. The molecule has 0 spiro atoms. The van der Waals surface area contributed by atoms with Crippen molar-refractivity contribution in [2.45, 2.75) is 39.9 Å². The lowest BCUT2D eigenvalue weighted by atomic mass is 10.1. The van der Waals surface area contributed by atoms with Crippen molar-refractivity contribution in [1.29, 1.82) is 0 Å². The van der Waals surface area contributed by atoms with Crippen molar-refractivity contribution in [2.75, 3.05) is 0 Å². The first-order valence-corrected chi connectivity index (χ1v) is 5.00. The van der Waals surface area contributed by atoms with E-state index in [0.29, 0.717) is 6.04 Å². The van der Waals surface area contributed by atoms with E-state index in [-0.39, 0.29) is 0 Å². The van der Waals surface area contributed by atoms with Crippen LogP contribution >= 0.6 is 0 Å². The Bertz CT molecular complexity index is 315. The van der Waals surface area contributed by atoms with Crippen molar-refractivity contribution in [3.8, 4) is 0 Å². The highest BCUT2D eigenvalue weighted by atomic mass is 15.2. The van der Waals surface area contributed by atoms with Crippen LogP contribution in [-0.4, -0.2) is 10.9 Å². The molecule has 0 saturated carbocycles. The molecule has 2 rings (SSSR count). The molecule has 1 heteroatoms. The Morgan fingerprint density at radius 1 is 1.23 bits per heavy atom. The summed E-state index contributed by atoms with van der Waals surface area (Å²) in [6.45, 7) is 9.01. The van der Waals surface area contributed by atoms with E-state index in [1.165, 1.54) is 11.1 Å². The van der Waals surface area contributed by atoms with Crippen LogP contribution in [0.15, 0.2) is 18.2 Å². The second kappa shape index (κ2) is 3.15. The van der Waals surface area contributed by atoms with Gasteiger partial charge in [0.15, 0.2) is 0 Å². The summed E-state index contributed by atoms with van der Waals surface area (Å²) in [6, 6.07) is 7.29. The lowest BCUT2D eigenvalue weighted by Gasteiger charge is -2.19. The molecular formula is C12H17N. The van der Waals surface area contributed by atoms with Gasteiger partial charge in [0.25, 0.3) is 0 Å². The maximum atomic E-state index is 2.51. The molecule has 0 atom stereocenters. The van der Waals surface area contributed by atoms with Gasteiger partial charge in [-0.25, -0.2) is 0 Å². The van der Waals surface area contributed by atoms with E-state index in [2.05, 4.69) is 43.9 Å². The first-order valence-electron chi connectivity index (χ1n) is 5.00. The van der Waals surface area contributed by atoms with Crippen LogP contribution in [0.2, 0.25) is 0 Å². The zero-order chi connectivity index (χ0) is 9.42. The molecule has 0 aromatic heterocycles. The lowest BCUT2D eigenvalue weighted by Crippen LogP contribution is -2.24. The Kier molecular flexibility index (Phi) is 2.12. The van der Waals surface area contributed by atoms with Crippen molar-refractivity contribution in [3.63, 3.8) is 0 Å². The van der Waals surface area contributed by atoms with Crippen LogP contribution < -0.4 is 0 Å². The number of hydrogen-bond acceptors (Lipinski definition) is 1. The van der Waals surface area contributed by atoms with Crippen molar-refractivity contribution in [1.82, 2.24) is 4.90 Å². The summed E-state index contributed by atoms with van der Waals surface area (Å²) in [5, 5.41) is 0. The zero-order valence-electron chi connectivity index (χ0n) is 8.67. The summed E-state index contributed by atoms with van der Waals surface area (Å²) in [7, 11) is 0. The largest absolute Gasteiger partial charge is 0.292 e. The third-order valence-corrected chi connectivity index (χ3v) is 2.97. The van der Waals surface area contributed by atoms with Crippen molar-refractivity contribution in [2.24, 2.45) is 0 Å². The number of benzene rings is 1. The normalized spacial score (nSPS) is 16.6. The molecule has 0 aliphatic carbocycles. The summed E-state index contributed by atoms with van der Waals surface area (Å²) in [6.07, 6.45) is 0. The Labute approximate surface area is 80.4 Å². The molecule has 1 aromatic carbocycles. The molecule has 0 N–H and O–H groups in total. The van der Waals surface area contributed by atoms with Crippen LogP contribution in [0.5, 0.6) is 0 Å². The van der Waals surface area contributed by atoms with Crippen LogP contribution in [0.25, 0.3) is 0 Å². The predicted molar refractivity (Wildman–Crippen MR) is 55.6 cm³/mol. The highest BCUT2D eigenvalue weighted by Crippen LogP contribution is 2.26. The Morgan fingerprint density at radius 3 is 2.62 bits per heavy atom. The fourth-order valence-electron chi connectivity index (χ4n) is 1.98. The molecule has 13 heavy (non-hydrogen) atoms. The van der Waals surface area contributed by atoms with E-state index in [4.69, 9.17) is 0 Å². The smallest absolute Gasteiger partial charge is 0.0245 e. The first kappa shape index (κ1) is 8.76. The molecule has 0 saturated heterocycles. The number of rotatable bonds is 1. The zero-order valence-corrected chi connectivity index (χ0v) is 8.67. The third-order valence-electron chi connectivity index (χ3n) is 2.97. The van der Waals surface area contributed by atoms with Crippen molar-refractivity contribution in [3.05, 3.63) is 34.9 Å². The number of aryl methyl sites for hydroxylation is 1. The SMILES string of the molecule is Cc1cccc2c1CN(C(C)C)C2. The van der Waals surface area contributed by atoms with Gasteiger partial charge in [-0.2, -0.15) is 0 Å². The molecule has 1 heterocycles. The van der Waals surface area contributed by atoms with Crippen molar-refractivity contribution >= 4 is 0 Å². The average Bonchev–Trinajstić information content (AvgIpc) is 2.49. The second-order valence-corrected chi connectivity index (χ2v) is 4.21. The molecule has 1 aliphatic heterocycles. The van der Waals surface area contributed by atoms with Gasteiger partial charge in [-0.1, -0.05) is 18.2 Å². The van der Waals surface area contributed by atoms with Crippen LogP contribution in [0.1, 0.15) is 30.5 Å². The van der Waals surface area contributed by atoms with E-state index in [1.807, 2.05) is 0 Å². The van der Waals surface area contributed by atoms with Crippen LogP contribution in [0.3, 0.4) is 0 Å². The molecule has 0 bridgehead atoms. The summed E-state index contributed by atoms with van der Waals surface area (Å²) in [5.41, 5.74) is 4.52. The van der Waals surface area contributed by atoms with Gasteiger partial charge >= 0.3 is 0 Å². The first-order chi connectivity index (χ1) is 6.18. The van der Waals surface area contributed by atoms with E-state index >= 15 is 0 Å². The maximum absolute atomic E-state index is 2.51. The minimum absolute atomic E-state index is 0.659. The quantitative estimate of drug-likeness (QED) is 0.634. The number of hydrogen-bond donors (Lipinski definition) is 0. The standard InChI is InChI=1S/C12H17N/c1-9(2)13-7-11-6-4-5-10(3)12(11)8-13/h4-6,9H,7-8H2,1-3H3. The average molecular weight is 175 g/mol. The molecule has 1 aromatic rings. The van der Waals surface area contributed by atoms with E-state index in [1.54, 1.807) is 5.56 Å². The van der Waals surface area contributed by atoms with Gasteiger partial charge in [0.1, 0.15) is 0 Å². The third kappa shape index (κ3) is 1.49. The van der Waals surface area contributed by atoms with Crippen molar-refractivity contribution < 1.29 is 0 Å². The Morgan fingerprint density at radius 2 is 2.00 bits per heavy atom. The molecule has 0 amide bonds. The number of nitrogens with zero attached hydrogens (tertiary/aromatic N) is 1. The molecule has 70 valence electrons. The Hall–Kier alpha value is -0.820. The predicted octanol–water partition coefficient (Wildman–Crippen LogP) is 2.72. The van der Waals surface area contributed by atoms with Crippen LogP contribution in [0.4, 0.5) is 0 Å². The highest BCUT2D eigenvalue weighted by molar-refractivity contribution is 5.37. The van der Waals surface area contributed by atoms with E-state index < -0.39 is 0 Å². The van der Waals surface area contributed by atoms with Gasteiger partial charge in [-0.15, -0.1) is 0 Å². The summed E-state index contributed by atoms with van der Waals surface area (Å²) in [4.78, 5) is 2.51. The topological polar surface area (TPSA) is 3.24 Å². The molecule has 0 radical (unpaired) electrons. The number of fused-ring (bicyclic) bond motifs is 1. The lowest BCUT2D eigenvalue weighted by molar-refractivity contribution is 0.227. The Balaban J connectivity index is 2.30.